The molecule has 2 aliphatic heterocycles. The first-order valence-corrected chi connectivity index (χ1v) is 14.0. The van der Waals surface area contributed by atoms with E-state index < -0.39 is 0 Å². The summed E-state index contributed by atoms with van der Waals surface area (Å²) in [5, 5.41) is 0. The summed E-state index contributed by atoms with van der Waals surface area (Å²) in [5.74, 6) is 2.04. The second-order valence-corrected chi connectivity index (χ2v) is 11.4. The van der Waals surface area contributed by atoms with Gasteiger partial charge in [0, 0.05) is 56.0 Å². The van der Waals surface area contributed by atoms with Crippen LogP contribution in [0.4, 0.5) is 0 Å². The summed E-state index contributed by atoms with van der Waals surface area (Å²) < 4.78 is 0. The maximum atomic E-state index is 13.4. The Balaban J connectivity index is 1.05. The fraction of sp³-hybridized carbons (Fsp3) is 0.552. The fourth-order valence-corrected chi connectivity index (χ4v) is 6.70. The van der Waals surface area contributed by atoms with Crippen molar-refractivity contribution >= 4 is 5.91 Å². The van der Waals surface area contributed by atoms with E-state index in [2.05, 4.69) is 46.8 Å². The van der Waals surface area contributed by atoms with Crippen molar-refractivity contribution in [2.45, 2.75) is 70.6 Å². The van der Waals surface area contributed by atoms with Crippen molar-refractivity contribution < 1.29 is 4.79 Å². The highest BCUT2D eigenvalue weighted by Gasteiger charge is 2.43. The van der Waals surface area contributed by atoms with Gasteiger partial charge < -0.3 is 19.8 Å². The fourth-order valence-electron chi connectivity index (χ4n) is 6.70. The van der Waals surface area contributed by atoms with Crippen LogP contribution in [-0.2, 0) is 19.6 Å². The average molecular weight is 502 g/mol. The Hall–Kier alpha value is -2.97. The molecule has 0 radical (unpaired) electrons. The van der Waals surface area contributed by atoms with E-state index in [0.717, 1.165) is 49.3 Å². The van der Waals surface area contributed by atoms with Gasteiger partial charge in [0.15, 0.2) is 0 Å². The number of nitrogens with zero attached hydrogens (tertiary/aromatic N) is 5. The quantitative estimate of drug-likeness (QED) is 0.483. The van der Waals surface area contributed by atoms with Crippen LogP contribution in [0.3, 0.4) is 0 Å². The molecule has 1 aliphatic carbocycles. The number of carbonyl (C=O) groups excluding carboxylic acids is 1. The zero-order valence-corrected chi connectivity index (χ0v) is 21.7. The molecule has 3 aromatic rings. The molecule has 0 bridgehead atoms. The maximum Gasteiger partial charge on any atom is 0.253 e. The molecule has 1 saturated carbocycles. The first-order valence-electron chi connectivity index (χ1n) is 14.0. The molecule has 8 heteroatoms. The van der Waals surface area contributed by atoms with Crippen molar-refractivity contribution in [3.05, 3.63) is 71.8 Å². The van der Waals surface area contributed by atoms with E-state index in [0.29, 0.717) is 18.5 Å². The molecule has 2 saturated heterocycles. The van der Waals surface area contributed by atoms with Crippen LogP contribution in [0.25, 0.3) is 0 Å². The van der Waals surface area contributed by atoms with Gasteiger partial charge >= 0.3 is 0 Å². The van der Waals surface area contributed by atoms with Gasteiger partial charge in [-0.3, -0.25) is 9.69 Å². The lowest BCUT2D eigenvalue weighted by Crippen LogP contribution is -2.45. The first-order chi connectivity index (χ1) is 18.2. The molecule has 1 spiro atoms. The van der Waals surface area contributed by atoms with Gasteiger partial charge in [-0.25, -0.2) is 9.97 Å². The SMILES string of the molecule is O=C(c1ccc(CN(Cc2ncc[nH]2)Cc2ncc[nH]2)cc1)N1CCC2(CCN(C3CCCC3)CC2)C1. The predicted molar refractivity (Wildman–Crippen MR) is 143 cm³/mol. The number of benzene rings is 1. The first kappa shape index (κ1) is 24.4. The molecule has 196 valence electrons. The molecule has 2 aromatic heterocycles. The van der Waals surface area contributed by atoms with Crippen LogP contribution in [0, 0.1) is 5.41 Å². The molecule has 3 aliphatic rings. The number of amides is 1. The van der Waals surface area contributed by atoms with Crippen molar-refractivity contribution in [3.63, 3.8) is 0 Å². The smallest absolute Gasteiger partial charge is 0.253 e. The molecule has 37 heavy (non-hydrogen) atoms. The van der Waals surface area contributed by atoms with Gasteiger partial charge in [-0.1, -0.05) is 25.0 Å². The monoisotopic (exact) mass is 501 g/mol. The van der Waals surface area contributed by atoms with E-state index in [9.17, 15) is 4.79 Å². The van der Waals surface area contributed by atoms with Gasteiger partial charge in [-0.2, -0.15) is 0 Å². The average Bonchev–Trinajstić information content (AvgIpc) is 3.74. The lowest BCUT2D eigenvalue weighted by atomic mass is 9.77. The Bertz CT molecular complexity index is 1090. The van der Waals surface area contributed by atoms with Crippen LogP contribution in [-0.4, -0.2) is 72.8 Å². The molecular formula is C29H39N7O. The summed E-state index contributed by atoms with van der Waals surface area (Å²) in [5.41, 5.74) is 2.31. The van der Waals surface area contributed by atoms with Gasteiger partial charge in [0.2, 0.25) is 0 Å². The number of hydrogen-bond acceptors (Lipinski definition) is 5. The summed E-state index contributed by atoms with van der Waals surface area (Å²) in [6.07, 6.45) is 16.5. The highest BCUT2D eigenvalue weighted by atomic mass is 16.2. The number of nitrogens with one attached hydrogen (secondary N) is 2. The van der Waals surface area contributed by atoms with Crippen molar-refractivity contribution in [3.8, 4) is 0 Å². The Morgan fingerprint density at radius 1 is 0.892 bits per heavy atom. The highest BCUT2D eigenvalue weighted by molar-refractivity contribution is 5.94. The van der Waals surface area contributed by atoms with Crippen molar-refractivity contribution in [1.82, 2.24) is 34.6 Å². The van der Waals surface area contributed by atoms with Gasteiger partial charge in [-0.15, -0.1) is 0 Å². The number of carbonyl (C=O) groups is 1. The third-order valence-corrected chi connectivity index (χ3v) is 8.89. The van der Waals surface area contributed by atoms with Crippen molar-refractivity contribution in [2.75, 3.05) is 26.2 Å². The van der Waals surface area contributed by atoms with E-state index in [1.807, 2.05) is 24.5 Å². The summed E-state index contributed by atoms with van der Waals surface area (Å²) in [4.78, 5) is 35.7. The number of H-pyrrole nitrogens is 2. The molecule has 8 nitrogen and oxygen atoms in total. The molecule has 6 rings (SSSR count). The van der Waals surface area contributed by atoms with Gasteiger partial charge in [0.1, 0.15) is 11.6 Å². The molecule has 4 heterocycles. The number of likely N-dealkylation sites (tertiary alicyclic amines) is 2. The van der Waals surface area contributed by atoms with Crippen LogP contribution in [0.5, 0.6) is 0 Å². The normalized spacial score (nSPS) is 20.4. The molecule has 1 aromatic carbocycles. The standard InChI is InChI=1S/C29H39N7O/c37-28(36-18-11-29(22-36)9-16-35(17-10-29)25-3-1-2-4-25)24-7-5-23(6-8-24)19-34(20-26-30-12-13-31-26)21-27-32-14-15-33-27/h5-8,12-15,25H,1-4,9-11,16-22H2,(H,30,31)(H,32,33). The number of piperidine rings is 1. The number of rotatable bonds is 8. The zero-order valence-electron chi connectivity index (χ0n) is 21.7. The topological polar surface area (TPSA) is 84.1 Å². The van der Waals surface area contributed by atoms with E-state index in [1.54, 1.807) is 12.4 Å². The molecule has 1 amide bonds. The Kier molecular flexibility index (Phi) is 7.11. The summed E-state index contributed by atoms with van der Waals surface area (Å²) in [6.45, 7) is 6.39. The Morgan fingerprint density at radius 2 is 1.51 bits per heavy atom. The predicted octanol–water partition coefficient (Wildman–Crippen LogP) is 4.21. The van der Waals surface area contributed by atoms with Crippen LogP contribution in [0.1, 0.15) is 72.5 Å². The number of imidazole rings is 2. The van der Waals surface area contributed by atoms with Crippen LogP contribution in [0.15, 0.2) is 49.1 Å². The minimum absolute atomic E-state index is 0.185. The Morgan fingerprint density at radius 3 is 2.11 bits per heavy atom. The molecule has 2 N–H and O–H groups in total. The summed E-state index contributed by atoms with van der Waals surface area (Å²) in [6, 6.07) is 9.02. The minimum atomic E-state index is 0.185. The molecular weight excluding hydrogens is 462 g/mol. The van der Waals surface area contributed by atoms with Crippen LogP contribution < -0.4 is 0 Å². The molecule has 3 fully saturated rings. The number of aromatic nitrogens is 4. The number of aromatic amines is 2. The molecule has 0 unspecified atom stereocenters. The summed E-state index contributed by atoms with van der Waals surface area (Å²) >= 11 is 0. The Labute approximate surface area is 219 Å². The van der Waals surface area contributed by atoms with E-state index >= 15 is 0 Å². The van der Waals surface area contributed by atoms with Crippen LogP contribution in [0.2, 0.25) is 0 Å². The van der Waals surface area contributed by atoms with Gasteiger partial charge in [0.25, 0.3) is 5.91 Å². The van der Waals surface area contributed by atoms with E-state index in [4.69, 9.17) is 0 Å². The van der Waals surface area contributed by atoms with E-state index in [-0.39, 0.29) is 5.91 Å². The second-order valence-electron chi connectivity index (χ2n) is 11.4. The largest absolute Gasteiger partial charge is 0.348 e. The third kappa shape index (κ3) is 5.65. The lowest BCUT2D eigenvalue weighted by Gasteiger charge is -2.41. The number of hydrogen-bond donors (Lipinski definition) is 2. The van der Waals surface area contributed by atoms with Gasteiger partial charge in [-0.05, 0) is 68.3 Å². The second kappa shape index (κ2) is 10.8. The minimum Gasteiger partial charge on any atom is -0.348 e. The maximum absolute atomic E-state index is 13.4. The van der Waals surface area contributed by atoms with Crippen LogP contribution >= 0.6 is 0 Å². The summed E-state index contributed by atoms with van der Waals surface area (Å²) in [7, 11) is 0. The highest BCUT2D eigenvalue weighted by Crippen LogP contribution is 2.42. The van der Waals surface area contributed by atoms with E-state index in [1.165, 1.54) is 57.2 Å². The van der Waals surface area contributed by atoms with Crippen molar-refractivity contribution in [2.24, 2.45) is 5.41 Å². The lowest BCUT2D eigenvalue weighted by molar-refractivity contribution is 0.0651. The molecule has 0 atom stereocenters. The van der Waals surface area contributed by atoms with Crippen molar-refractivity contribution in [1.29, 1.82) is 0 Å². The van der Waals surface area contributed by atoms with Gasteiger partial charge in [0.05, 0.1) is 13.1 Å². The third-order valence-electron chi connectivity index (χ3n) is 8.89. The zero-order chi connectivity index (χ0) is 25.1.